The molecule has 0 atom stereocenters. The van der Waals surface area contributed by atoms with Crippen LogP contribution < -0.4 is 9.41 Å². The third-order valence-corrected chi connectivity index (χ3v) is 3.72. The number of benzene rings is 1. The summed E-state index contributed by atoms with van der Waals surface area (Å²) in [5, 5.41) is 2.75. The van der Waals surface area contributed by atoms with Crippen LogP contribution in [0.25, 0.3) is 10.8 Å². The van der Waals surface area contributed by atoms with Gasteiger partial charge in [-0.1, -0.05) is 45.3 Å². The van der Waals surface area contributed by atoms with E-state index in [0.717, 1.165) is 0 Å². The van der Waals surface area contributed by atoms with Crippen molar-refractivity contribution < 1.29 is 35.6 Å². The maximum absolute atomic E-state index is 2.29. The molecule has 0 heterocycles. The van der Waals surface area contributed by atoms with Gasteiger partial charge in [-0.2, -0.15) is 6.07 Å². The van der Waals surface area contributed by atoms with Crippen molar-refractivity contribution in [3.05, 3.63) is 42.0 Å². The molecule has 0 bridgehead atoms. The number of rotatable bonds is 4. The van der Waals surface area contributed by atoms with E-state index in [4.69, 9.17) is 0 Å². The molecule has 0 aliphatic carbocycles. The second-order valence-electron chi connectivity index (χ2n) is 4.20. The van der Waals surface area contributed by atoms with Gasteiger partial charge in [-0.25, -0.2) is 0 Å². The van der Waals surface area contributed by atoms with Crippen LogP contribution in [0.5, 0.6) is 0 Å². The second-order valence-corrected chi connectivity index (χ2v) is 6.11. The van der Waals surface area contributed by atoms with Gasteiger partial charge in [0.05, 0.1) is 0 Å². The molecule has 0 aliphatic rings. The van der Waals surface area contributed by atoms with Crippen molar-refractivity contribution in [3.8, 4) is 0 Å². The van der Waals surface area contributed by atoms with Gasteiger partial charge >= 0.3 is 26.2 Å². The van der Waals surface area contributed by atoms with Gasteiger partial charge < -0.3 is 9.41 Å². The van der Waals surface area contributed by atoms with E-state index >= 15 is 0 Å². The van der Waals surface area contributed by atoms with Crippen molar-refractivity contribution >= 4 is 20.3 Å². The van der Waals surface area contributed by atoms with E-state index < -0.39 is 0 Å². The predicted molar refractivity (Wildman–Crippen MR) is 80.3 cm³/mol. The van der Waals surface area contributed by atoms with E-state index in [0.29, 0.717) is 0 Å². The number of fused-ring (bicyclic) bond motifs is 1. The van der Waals surface area contributed by atoms with E-state index in [-0.39, 0.29) is 35.6 Å². The Balaban J connectivity index is -0.000000322. The fourth-order valence-corrected chi connectivity index (χ4v) is 2.40. The first-order chi connectivity index (χ1) is 8.31. The molecule has 0 amide bonds. The predicted octanol–water partition coefficient (Wildman–Crippen LogP) is -0.916. The van der Waals surface area contributed by atoms with E-state index in [1.54, 1.807) is 0 Å². The molecule has 0 nitrogen and oxygen atoms in total. The topological polar surface area (TPSA) is 0 Å². The molecule has 0 aliphatic heterocycles. The summed E-state index contributed by atoms with van der Waals surface area (Å²) in [6.45, 7) is 6.67. The largest absolute Gasteiger partial charge is 3.00 e. The van der Waals surface area contributed by atoms with E-state index in [1.165, 1.54) is 50.8 Å². The van der Waals surface area contributed by atoms with Gasteiger partial charge in [0.2, 0.25) is 0 Å². The molecule has 0 saturated carbocycles. The summed E-state index contributed by atoms with van der Waals surface area (Å²) in [6, 6.07) is 15.9. The Morgan fingerprint density at radius 1 is 1.00 bits per heavy atom. The Morgan fingerprint density at radius 3 is 2.05 bits per heavy atom. The van der Waals surface area contributed by atoms with Crippen molar-refractivity contribution in [2.45, 2.75) is 45.7 Å². The number of hydrogen-bond donors (Lipinski definition) is 0. The van der Waals surface area contributed by atoms with Gasteiger partial charge in [-0.15, -0.1) is 40.6 Å². The molecule has 0 spiro atoms. The third kappa shape index (κ3) is 8.86. The Morgan fingerprint density at radius 2 is 1.60 bits per heavy atom. The first kappa shape index (κ1) is 24.8. The van der Waals surface area contributed by atoms with Crippen molar-refractivity contribution in [2.75, 3.05) is 0 Å². The van der Waals surface area contributed by atoms with Crippen molar-refractivity contribution in [1.82, 2.24) is 0 Å². The molecule has 3 radical (unpaired) electrons. The van der Waals surface area contributed by atoms with Crippen LogP contribution in [0, 0.1) is 0 Å². The monoisotopic (exact) mass is 371 g/mol. The Hall–Kier alpha value is -0.210. The molecule has 0 saturated heterocycles. The van der Waals surface area contributed by atoms with Crippen LogP contribution in [0.3, 0.4) is 0 Å². The van der Waals surface area contributed by atoms with Gasteiger partial charge in [-0.3, -0.25) is 0 Å². The molecule has 20 heavy (non-hydrogen) atoms. The first-order valence-corrected chi connectivity index (χ1v) is 8.08. The standard InChI is InChI=1S/C12H13.C4H10Si.2FH.Zr/c1-2-5-10-8-11-6-3-4-7-12(11)9-10;1-3-5-4-2;;;/h3-4,6-9H,2,5H2,1H3;3-4H2,1-2H3;2*1H;/q-1;;;;+3/p-2. The summed E-state index contributed by atoms with van der Waals surface area (Å²) < 4.78 is 0. The van der Waals surface area contributed by atoms with Crippen molar-refractivity contribution in [1.29, 1.82) is 0 Å². The summed E-state index contributed by atoms with van der Waals surface area (Å²) in [5.41, 5.74) is 1.47. The molecule has 0 aromatic heterocycles. The summed E-state index contributed by atoms with van der Waals surface area (Å²) >= 11 is 0. The fraction of sp³-hybridized carbons (Fsp3) is 0.438. The first-order valence-electron chi connectivity index (χ1n) is 6.66. The molecule has 0 unspecified atom stereocenters. The molecule has 2 aromatic carbocycles. The average Bonchev–Trinajstić information content (AvgIpc) is 2.73. The minimum absolute atomic E-state index is 0. The van der Waals surface area contributed by atoms with Gasteiger partial charge in [0, 0.05) is 9.52 Å². The zero-order chi connectivity index (χ0) is 12.5. The Bertz CT molecular complexity index is 394. The van der Waals surface area contributed by atoms with E-state index in [9.17, 15) is 0 Å². The average molecular weight is 373 g/mol. The second kappa shape index (κ2) is 15.2. The number of halogens is 2. The van der Waals surface area contributed by atoms with E-state index in [1.807, 2.05) is 0 Å². The quantitative estimate of drug-likeness (QED) is 0.481. The number of aryl methyl sites for hydroxylation is 1. The number of hydrogen-bond acceptors (Lipinski definition) is 0. The van der Waals surface area contributed by atoms with E-state index in [2.05, 4.69) is 57.2 Å². The zero-order valence-corrected chi connectivity index (χ0v) is 16.0. The van der Waals surface area contributed by atoms with Crippen molar-refractivity contribution in [2.24, 2.45) is 0 Å². The van der Waals surface area contributed by atoms with Crippen molar-refractivity contribution in [3.63, 3.8) is 0 Å². The summed E-state index contributed by atoms with van der Waals surface area (Å²) in [4.78, 5) is 0. The zero-order valence-electron chi connectivity index (χ0n) is 12.5. The smallest absolute Gasteiger partial charge is 1.00 e. The third-order valence-electron chi connectivity index (χ3n) is 2.72. The van der Waals surface area contributed by atoms with Gasteiger partial charge in [0.15, 0.2) is 0 Å². The normalized spacial score (nSPS) is 8.55. The maximum Gasteiger partial charge on any atom is 3.00 e. The SMILES string of the molecule is CCCc1cc2ccccc2[cH-]1.CC[Si]CC.[F-].[F-].[Zr+3]. The molecule has 0 fully saturated rings. The van der Waals surface area contributed by atoms with Crippen LogP contribution in [-0.4, -0.2) is 9.52 Å². The van der Waals surface area contributed by atoms with Crippen LogP contribution in [0.4, 0.5) is 0 Å². The Kier molecular flexibility index (Phi) is 18.8. The van der Waals surface area contributed by atoms with Gasteiger partial charge in [0.1, 0.15) is 0 Å². The van der Waals surface area contributed by atoms with Crippen LogP contribution >= 0.6 is 0 Å². The maximum atomic E-state index is 2.29. The molecular formula is C16H23F2SiZr. The molecule has 109 valence electrons. The van der Waals surface area contributed by atoms with Gasteiger partial charge in [-0.05, 0) is 6.42 Å². The molecule has 2 rings (SSSR count). The molecular weight excluding hydrogens is 349 g/mol. The minimum Gasteiger partial charge on any atom is -1.00 e. The molecule has 4 heteroatoms. The Labute approximate surface area is 143 Å². The van der Waals surface area contributed by atoms with Gasteiger partial charge in [0.25, 0.3) is 0 Å². The van der Waals surface area contributed by atoms with Crippen LogP contribution in [-0.2, 0) is 32.6 Å². The van der Waals surface area contributed by atoms with Crippen LogP contribution in [0.2, 0.25) is 12.1 Å². The summed E-state index contributed by atoms with van der Waals surface area (Å²) in [5.74, 6) is 0. The van der Waals surface area contributed by atoms with Crippen LogP contribution in [0.15, 0.2) is 36.4 Å². The minimum atomic E-state index is 0. The fourth-order valence-electron chi connectivity index (χ4n) is 1.90. The van der Waals surface area contributed by atoms with Crippen LogP contribution in [0.1, 0.15) is 32.8 Å². The molecule has 2 aromatic rings. The summed E-state index contributed by atoms with van der Waals surface area (Å²) in [6.07, 6.45) is 2.44. The molecule has 0 N–H and O–H groups in total. The summed E-state index contributed by atoms with van der Waals surface area (Å²) in [7, 11) is 1.20.